The number of benzene rings is 1. The Labute approximate surface area is 134 Å². The van der Waals surface area contributed by atoms with Gasteiger partial charge in [-0.15, -0.1) is 11.6 Å². The number of rotatable bonds is 4. The van der Waals surface area contributed by atoms with E-state index < -0.39 is 0 Å². The van der Waals surface area contributed by atoms with E-state index >= 15 is 0 Å². The van der Waals surface area contributed by atoms with Gasteiger partial charge in [0, 0.05) is 5.56 Å². The predicted octanol–water partition coefficient (Wildman–Crippen LogP) is 5.57. The fourth-order valence-corrected chi connectivity index (χ4v) is 4.33. The largest absolute Gasteiger partial charge is 0.496 e. The zero-order chi connectivity index (χ0) is 14.9. The Morgan fingerprint density at radius 2 is 1.90 bits per heavy atom. The number of hydrogen-bond donors (Lipinski definition) is 0. The van der Waals surface area contributed by atoms with Gasteiger partial charge in [-0.25, -0.2) is 0 Å². The van der Waals surface area contributed by atoms with Crippen molar-refractivity contribution in [3.8, 4) is 11.5 Å². The number of alkyl halides is 1. The minimum Gasteiger partial charge on any atom is -0.496 e. The molecule has 1 aromatic rings. The Bertz CT molecular complexity index is 488. The Hall–Kier alpha value is -0.410. The second kappa shape index (κ2) is 6.15. The van der Waals surface area contributed by atoms with Crippen LogP contribution in [0.25, 0.3) is 0 Å². The quantitative estimate of drug-likeness (QED) is 0.652. The molecule has 0 aliphatic heterocycles. The van der Waals surface area contributed by atoms with Gasteiger partial charge in [-0.3, -0.25) is 0 Å². The van der Waals surface area contributed by atoms with E-state index in [0.717, 1.165) is 21.5 Å². The second-order valence-electron chi connectivity index (χ2n) is 6.12. The van der Waals surface area contributed by atoms with E-state index in [4.69, 9.17) is 21.1 Å². The van der Waals surface area contributed by atoms with Gasteiger partial charge in [0.2, 0.25) is 0 Å². The molecule has 0 amide bonds. The number of hydrogen-bond acceptors (Lipinski definition) is 2. The Balaban J connectivity index is 2.40. The van der Waals surface area contributed by atoms with Crippen molar-refractivity contribution < 1.29 is 9.47 Å². The molecule has 2 rings (SSSR count). The monoisotopic (exact) mass is 360 g/mol. The molecule has 4 heteroatoms. The fraction of sp³-hybridized carbons (Fsp3) is 0.625. The SMILES string of the molecule is COc1cc(C(Cl)C2CCCC2(C)C)c(OC)cc1Br. The van der Waals surface area contributed by atoms with Gasteiger partial charge in [0.1, 0.15) is 11.5 Å². The van der Waals surface area contributed by atoms with E-state index in [-0.39, 0.29) is 10.8 Å². The van der Waals surface area contributed by atoms with Crippen LogP contribution in [0.3, 0.4) is 0 Å². The van der Waals surface area contributed by atoms with E-state index in [0.29, 0.717) is 5.92 Å². The first-order valence-electron chi connectivity index (χ1n) is 6.96. The average Bonchev–Trinajstić information content (AvgIpc) is 2.77. The maximum absolute atomic E-state index is 6.81. The second-order valence-corrected chi connectivity index (χ2v) is 7.44. The van der Waals surface area contributed by atoms with Crippen LogP contribution in [-0.4, -0.2) is 14.2 Å². The number of ether oxygens (including phenoxy) is 2. The molecule has 0 aromatic heterocycles. The molecule has 1 aliphatic carbocycles. The lowest BCUT2D eigenvalue weighted by Gasteiger charge is -2.31. The summed E-state index contributed by atoms with van der Waals surface area (Å²) in [6.45, 7) is 4.62. The number of methoxy groups -OCH3 is 2. The van der Waals surface area contributed by atoms with Crippen LogP contribution < -0.4 is 9.47 Å². The van der Waals surface area contributed by atoms with E-state index in [1.165, 1.54) is 19.3 Å². The lowest BCUT2D eigenvalue weighted by molar-refractivity contribution is 0.249. The predicted molar refractivity (Wildman–Crippen MR) is 87.0 cm³/mol. The summed E-state index contributed by atoms with van der Waals surface area (Å²) in [5.74, 6) is 2.08. The maximum Gasteiger partial charge on any atom is 0.133 e. The van der Waals surface area contributed by atoms with Crippen LogP contribution in [0, 0.1) is 11.3 Å². The van der Waals surface area contributed by atoms with Crippen LogP contribution in [0.5, 0.6) is 11.5 Å². The first kappa shape index (κ1) is 16.0. The van der Waals surface area contributed by atoms with Gasteiger partial charge in [0.25, 0.3) is 0 Å². The molecule has 1 aromatic carbocycles. The highest BCUT2D eigenvalue weighted by Crippen LogP contribution is 2.53. The summed E-state index contributed by atoms with van der Waals surface area (Å²) in [5.41, 5.74) is 1.30. The van der Waals surface area contributed by atoms with E-state index in [2.05, 4.69) is 29.8 Å². The van der Waals surface area contributed by atoms with Crippen molar-refractivity contribution in [2.45, 2.75) is 38.5 Å². The normalized spacial score (nSPS) is 22.6. The molecular formula is C16H22BrClO2. The van der Waals surface area contributed by atoms with Crippen molar-refractivity contribution in [2.24, 2.45) is 11.3 Å². The molecule has 2 atom stereocenters. The van der Waals surface area contributed by atoms with E-state index in [1.807, 2.05) is 12.1 Å². The summed E-state index contributed by atoms with van der Waals surface area (Å²) in [7, 11) is 3.35. The first-order chi connectivity index (χ1) is 9.40. The molecule has 0 heterocycles. The standard InChI is InChI=1S/C16H22BrClO2/c1-16(2)7-5-6-11(16)15(18)10-8-14(20-4)12(17)9-13(10)19-3/h8-9,11,15H,5-7H2,1-4H3. The Kier molecular flexibility index (Phi) is 4.91. The van der Waals surface area contributed by atoms with Gasteiger partial charge >= 0.3 is 0 Å². The van der Waals surface area contributed by atoms with Gasteiger partial charge < -0.3 is 9.47 Å². The third-order valence-electron chi connectivity index (χ3n) is 4.49. The summed E-state index contributed by atoms with van der Waals surface area (Å²) in [6, 6.07) is 3.93. The molecule has 0 spiro atoms. The molecule has 2 nitrogen and oxygen atoms in total. The molecule has 0 N–H and O–H groups in total. The lowest BCUT2D eigenvalue weighted by Crippen LogP contribution is -2.22. The highest BCUT2D eigenvalue weighted by Gasteiger charge is 2.40. The molecule has 20 heavy (non-hydrogen) atoms. The summed E-state index contributed by atoms with van der Waals surface area (Å²) in [5, 5.41) is -0.0514. The van der Waals surface area contributed by atoms with Crippen molar-refractivity contribution in [3.05, 3.63) is 22.2 Å². The third-order valence-corrected chi connectivity index (χ3v) is 5.65. The van der Waals surface area contributed by atoms with Gasteiger partial charge in [0.05, 0.1) is 24.1 Å². The zero-order valence-corrected chi connectivity index (χ0v) is 14.8. The van der Waals surface area contributed by atoms with Crippen molar-refractivity contribution in [3.63, 3.8) is 0 Å². The van der Waals surface area contributed by atoms with Crippen LogP contribution in [-0.2, 0) is 0 Å². The minimum atomic E-state index is -0.0514. The number of halogens is 2. The molecular weight excluding hydrogens is 340 g/mol. The summed E-state index contributed by atoms with van der Waals surface area (Å²) in [4.78, 5) is 0. The van der Waals surface area contributed by atoms with Crippen molar-refractivity contribution >= 4 is 27.5 Å². The van der Waals surface area contributed by atoms with E-state index in [9.17, 15) is 0 Å². The van der Waals surface area contributed by atoms with Gasteiger partial charge in [-0.1, -0.05) is 20.3 Å². The zero-order valence-electron chi connectivity index (χ0n) is 12.5. The van der Waals surface area contributed by atoms with Gasteiger partial charge in [-0.05, 0) is 52.2 Å². The molecule has 0 bridgehead atoms. The molecule has 0 saturated heterocycles. The molecule has 1 saturated carbocycles. The average molecular weight is 362 g/mol. The highest BCUT2D eigenvalue weighted by atomic mass is 79.9. The van der Waals surface area contributed by atoms with Crippen LogP contribution in [0.2, 0.25) is 0 Å². The topological polar surface area (TPSA) is 18.5 Å². The highest BCUT2D eigenvalue weighted by molar-refractivity contribution is 9.10. The Morgan fingerprint density at radius 1 is 1.25 bits per heavy atom. The molecule has 0 radical (unpaired) electrons. The minimum absolute atomic E-state index is 0.0514. The maximum atomic E-state index is 6.81. The molecule has 1 fully saturated rings. The van der Waals surface area contributed by atoms with Crippen LogP contribution in [0.15, 0.2) is 16.6 Å². The Morgan fingerprint density at radius 3 is 2.40 bits per heavy atom. The third kappa shape index (κ3) is 2.94. The molecule has 2 unspecified atom stereocenters. The fourth-order valence-electron chi connectivity index (χ4n) is 3.21. The van der Waals surface area contributed by atoms with Crippen molar-refractivity contribution in [2.75, 3.05) is 14.2 Å². The summed E-state index contributed by atoms with van der Waals surface area (Å²) >= 11 is 10.3. The van der Waals surface area contributed by atoms with Crippen molar-refractivity contribution in [1.82, 2.24) is 0 Å². The van der Waals surface area contributed by atoms with Crippen LogP contribution >= 0.6 is 27.5 Å². The summed E-state index contributed by atoms with van der Waals surface area (Å²) in [6.07, 6.45) is 3.65. The van der Waals surface area contributed by atoms with E-state index in [1.54, 1.807) is 14.2 Å². The molecule has 112 valence electrons. The van der Waals surface area contributed by atoms with Crippen molar-refractivity contribution in [1.29, 1.82) is 0 Å². The van der Waals surface area contributed by atoms with Gasteiger partial charge in [0.15, 0.2) is 0 Å². The van der Waals surface area contributed by atoms with Crippen LogP contribution in [0.1, 0.15) is 44.1 Å². The van der Waals surface area contributed by atoms with Gasteiger partial charge in [-0.2, -0.15) is 0 Å². The smallest absolute Gasteiger partial charge is 0.133 e. The first-order valence-corrected chi connectivity index (χ1v) is 8.19. The molecule has 1 aliphatic rings. The van der Waals surface area contributed by atoms with Crippen LogP contribution in [0.4, 0.5) is 0 Å². The lowest BCUT2D eigenvalue weighted by atomic mass is 9.78. The summed E-state index contributed by atoms with van der Waals surface area (Å²) < 4.78 is 11.8.